The first kappa shape index (κ1) is 13.9. The molecule has 1 aromatic rings. The molecule has 3 heteroatoms. The van der Waals surface area contributed by atoms with Gasteiger partial charge in [0.25, 0.3) is 5.91 Å². The molecule has 1 amide bonds. The molecule has 1 aliphatic rings. The Morgan fingerprint density at radius 3 is 2.79 bits per heavy atom. The van der Waals surface area contributed by atoms with Crippen LogP contribution in [-0.4, -0.2) is 18.6 Å². The molecule has 0 spiro atoms. The highest BCUT2D eigenvalue weighted by Gasteiger charge is 2.11. The zero-order chi connectivity index (χ0) is 13.7. The topological polar surface area (TPSA) is 38.3 Å². The van der Waals surface area contributed by atoms with Gasteiger partial charge in [-0.2, -0.15) is 0 Å². The maximum absolute atomic E-state index is 11.6. The van der Waals surface area contributed by atoms with Gasteiger partial charge in [-0.25, -0.2) is 0 Å². The second-order valence-corrected chi connectivity index (χ2v) is 5.30. The van der Waals surface area contributed by atoms with Crippen LogP contribution in [0.15, 0.2) is 18.2 Å². The van der Waals surface area contributed by atoms with Crippen LogP contribution < -0.4 is 10.1 Å². The Bertz CT molecular complexity index is 442. The Balaban J connectivity index is 1.87. The van der Waals surface area contributed by atoms with Gasteiger partial charge in [-0.05, 0) is 62.3 Å². The van der Waals surface area contributed by atoms with Gasteiger partial charge in [-0.3, -0.25) is 4.79 Å². The normalized spacial score (nSPS) is 15.5. The van der Waals surface area contributed by atoms with E-state index in [-0.39, 0.29) is 18.6 Å². The Hall–Kier alpha value is -1.51. The van der Waals surface area contributed by atoms with Gasteiger partial charge in [0.2, 0.25) is 0 Å². The molecule has 19 heavy (non-hydrogen) atoms. The van der Waals surface area contributed by atoms with E-state index in [1.165, 1.54) is 30.4 Å². The smallest absolute Gasteiger partial charge is 0.258 e. The van der Waals surface area contributed by atoms with Crippen LogP contribution in [0.2, 0.25) is 0 Å². The number of hydrogen-bond donors (Lipinski definition) is 1. The summed E-state index contributed by atoms with van der Waals surface area (Å²) in [6, 6.07) is 6.40. The van der Waals surface area contributed by atoms with Gasteiger partial charge in [0.1, 0.15) is 5.75 Å². The van der Waals surface area contributed by atoms with Crippen LogP contribution in [0.3, 0.4) is 0 Å². The standard InChI is InChI=1S/C16H23NO2/c1-3-12(2)17-16(18)11-19-15-9-8-13-6-4-5-7-14(13)10-15/h8-10,12H,3-7,11H2,1-2H3,(H,17,18)/t12-/m1/s1. The number of hydrogen-bond acceptors (Lipinski definition) is 2. The molecule has 3 nitrogen and oxygen atoms in total. The van der Waals surface area contributed by atoms with Crippen molar-refractivity contribution in [2.45, 2.75) is 52.0 Å². The molecule has 2 rings (SSSR count). The fourth-order valence-corrected chi connectivity index (χ4v) is 2.37. The second kappa shape index (κ2) is 6.60. The maximum atomic E-state index is 11.6. The lowest BCUT2D eigenvalue weighted by atomic mass is 9.92. The van der Waals surface area contributed by atoms with Gasteiger partial charge >= 0.3 is 0 Å². The van der Waals surface area contributed by atoms with Gasteiger partial charge in [-0.15, -0.1) is 0 Å². The van der Waals surface area contributed by atoms with Gasteiger partial charge in [0.15, 0.2) is 6.61 Å². The molecule has 0 radical (unpaired) electrons. The minimum Gasteiger partial charge on any atom is -0.484 e. The highest BCUT2D eigenvalue weighted by molar-refractivity contribution is 5.77. The number of nitrogens with one attached hydrogen (secondary N) is 1. The Labute approximate surface area is 115 Å². The summed E-state index contributed by atoms with van der Waals surface area (Å²) in [5.74, 6) is 0.757. The van der Waals surface area contributed by atoms with Crippen molar-refractivity contribution in [1.82, 2.24) is 5.32 Å². The molecule has 0 unspecified atom stereocenters. The summed E-state index contributed by atoms with van der Waals surface area (Å²) in [5, 5.41) is 2.90. The summed E-state index contributed by atoms with van der Waals surface area (Å²) in [4.78, 5) is 11.6. The first-order valence-corrected chi connectivity index (χ1v) is 7.23. The fourth-order valence-electron chi connectivity index (χ4n) is 2.37. The minimum absolute atomic E-state index is 0.0490. The van der Waals surface area contributed by atoms with Crippen molar-refractivity contribution in [2.24, 2.45) is 0 Å². The Kier molecular flexibility index (Phi) is 4.83. The van der Waals surface area contributed by atoms with Crippen molar-refractivity contribution < 1.29 is 9.53 Å². The SMILES string of the molecule is CC[C@@H](C)NC(=O)COc1ccc2c(c1)CCCC2. The molecule has 1 atom stereocenters. The van der Waals surface area contributed by atoms with E-state index in [9.17, 15) is 4.79 Å². The van der Waals surface area contributed by atoms with Crippen LogP contribution in [0.25, 0.3) is 0 Å². The van der Waals surface area contributed by atoms with E-state index in [2.05, 4.69) is 24.4 Å². The summed E-state index contributed by atoms with van der Waals surface area (Å²) in [6.45, 7) is 4.15. The van der Waals surface area contributed by atoms with Gasteiger partial charge in [0, 0.05) is 6.04 Å². The largest absolute Gasteiger partial charge is 0.484 e. The third-order valence-electron chi connectivity index (χ3n) is 3.71. The predicted octanol–water partition coefficient (Wildman–Crippen LogP) is 2.86. The van der Waals surface area contributed by atoms with Crippen molar-refractivity contribution >= 4 is 5.91 Å². The lowest BCUT2D eigenvalue weighted by Crippen LogP contribution is -2.35. The van der Waals surface area contributed by atoms with Crippen molar-refractivity contribution in [2.75, 3.05) is 6.61 Å². The lowest BCUT2D eigenvalue weighted by Gasteiger charge is -2.17. The summed E-state index contributed by atoms with van der Waals surface area (Å²) in [5.41, 5.74) is 2.81. The molecule has 0 bridgehead atoms. The van der Waals surface area contributed by atoms with Crippen LogP contribution in [0.4, 0.5) is 0 Å². The summed E-state index contributed by atoms with van der Waals surface area (Å²) in [6.07, 6.45) is 5.77. The maximum Gasteiger partial charge on any atom is 0.258 e. The van der Waals surface area contributed by atoms with Crippen LogP contribution in [-0.2, 0) is 17.6 Å². The van der Waals surface area contributed by atoms with E-state index in [1.54, 1.807) is 0 Å². The molecule has 0 saturated heterocycles. The molecule has 0 saturated carbocycles. The van der Waals surface area contributed by atoms with Crippen molar-refractivity contribution in [3.8, 4) is 5.75 Å². The number of carbonyl (C=O) groups excluding carboxylic acids is 1. The lowest BCUT2D eigenvalue weighted by molar-refractivity contribution is -0.123. The molecule has 1 N–H and O–H groups in total. The highest BCUT2D eigenvalue weighted by Crippen LogP contribution is 2.25. The van der Waals surface area contributed by atoms with E-state index in [0.29, 0.717) is 0 Å². The highest BCUT2D eigenvalue weighted by atomic mass is 16.5. The number of rotatable bonds is 5. The number of aryl methyl sites for hydroxylation is 2. The minimum atomic E-state index is -0.0490. The van der Waals surface area contributed by atoms with Crippen molar-refractivity contribution in [3.05, 3.63) is 29.3 Å². The first-order valence-electron chi connectivity index (χ1n) is 7.23. The van der Waals surface area contributed by atoms with Gasteiger partial charge < -0.3 is 10.1 Å². The third-order valence-corrected chi connectivity index (χ3v) is 3.71. The van der Waals surface area contributed by atoms with E-state index in [0.717, 1.165) is 18.6 Å². The van der Waals surface area contributed by atoms with E-state index in [1.807, 2.05) is 13.0 Å². The van der Waals surface area contributed by atoms with Gasteiger partial charge in [0.05, 0.1) is 0 Å². The second-order valence-electron chi connectivity index (χ2n) is 5.30. The predicted molar refractivity (Wildman–Crippen MR) is 76.5 cm³/mol. The molecular weight excluding hydrogens is 238 g/mol. The molecule has 0 fully saturated rings. The molecular formula is C16H23NO2. The molecule has 104 valence electrons. The first-order chi connectivity index (χ1) is 9.19. The molecule has 1 aliphatic carbocycles. The number of benzene rings is 1. The summed E-state index contributed by atoms with van der Waals surface area (Å²) in [7, 11) is 0. The zero-order valence-electron chi connectivity index (χ0n) is 11.9. The average Bonchev–Trinajstić information content (AvgIpc) is 2.44. The zero-order valence-corrected chi connectivity index (χ0v) is 11.9. The van der Waals surface area contributed by atoms with Crippen LogP contribution in [0.1, 0.15) is 44.2 Å². The third kappa shape index (κ3) is 3.98. The molecule has 0 heterocycles. The number of ether oxygens (including phenoxy) is 1. The van der Waals surface area contributed by atoms with E-state index in [4.69, 9.17) is 4.74 Å². The molecule has 0 aromatic heterocycles. The quantitative estimate of drug-likeness (QED) is 0.885. The molecule has 1 aromatic carbocycles. The average molecular weight is 261 g/mol. The summed E-state index contributed by atoms with van der Waals surface area (Å²) < 4.78 is 5.57. The van der Waals surface area contributed by atoms with Crippen LogP contribution in [0.5, 0.6) is 5.75 Å². The summed E-state index contributed by atoms with van der Waals surface area (Å²) >= 11 is 0. The number of carbonyl (C=O) groups is 1. The number of fused-ring (bicyclic) bond motifs is 1. The Morgan fingerprint density at radius 2 is 2.05 bits per heavy atom. The van der Waals surface area contributed by atoms with E-state index < -0.39 is 0 Å². The number of amides is 1. The molecule has 0 aliphatic heterocycles. The van der Waals surface area contributed by atoms with Crippen LogP contribution in [0, 0.1) is 0 Å². The van der Waals surface area contributed by atoms with Crippen molar-refractivity contribution in [3.63, 3.8) is 0 Å². The Morgan fingerprint density at radius 1 is 1.32 bits per heavy atom. The van der Waals surface area contributed by atoms with E-state index >= 15 is 0 Å². The monoisotopic (exact) mass is 261 g/mol. The van der Waals surface area contributed by atoms with Crippen LogP contribution >= 0.6 is 0 Å². The van der Waals surface area contributed by atoms with Crippen molar-refractivity contribution in [1.29, 1.82) is 0 Å². The fraction of sp³-hybridized carbons (Fsp3) is 0.562. The van der Waals surface area contributed by atoms with Gasteiger partial charge in [-0.1, -0.05) is 13.0 Å².